The Hall–Kier alpha value is -1.88. The molecule has 0 unspecified atom stereocenters. The fourth-order valence-corrected chi connectivity index (χ4v) is 5.16. The second-order valence-corrected chi connectivity index (χ2v) is 6.88. The fourth-order valence-electron chi connectivity index (χ4n) is 5.16. The summed E-state index contributed by atoms with van der Waals surface area (Å²) in [6.45, 7) is 2.09. The van der Waals surface area contributed by atoms with Gasteiger partial charge in [-0.2, -0.15) is 0 Å². The maximum Gasteiger partial charge on any atom is 0.328 e. The van der Waals surface area contributed by atoms with Gasteiger partial charge in [-0.1, -0.05) is 18.2 Å². The molecule has 0 radical (unpaired) electrons. The molecule has 114 valence electrons. The number of rotatable bonds is 0. The zero-order chi connectivity index (χ0) is 14.8. The number of nitrogens with zero attached hydrogens (tertiary/aromatic N) is 2. The summed E-state index contributed by atoms with van der Waals surface area (Å²) in [6, 6.07) is 8.25. The van der Waals surface area contributed by atoms with Crippen LogP contribution in [0.5, 0.6) is 0 Å². The quantitative estimate of drug-likeness (QED) is 0.793. The molecule has 3 fully saturated rings. The topological polar surface area (TPSA) is 52.7 Å². The average molecular weight is 297 g/mol. The van der Waals surface area contributed by atoms with Crippen LogP contribution in [-0.4, -0.2) is 42.0 Å². The summed E-state index contributed by atoms with van der Waals surface area (Å²) in [7, 11) is 0. The summed E-state index contributed by atoms with van der Waals surface area (Å²) >= 11 is 0. The van der Waals surface area contributed by atoms with Crippen molar-refractivity contribution in [3.05, 3.63) is 29.8 Å². The molecule has 4 aliphatic heterocycles. The van der Waals surface area contributed by atoms with E-state index in [0.29, 0.717) is 5.92 Å². The van der Waals surface area contributed by atoms with E-state index in [1.54, 1.807) is 0 Å². The van der Waals surface area contributed by atoms with Crippen LogP contribution in [0.3, 0.4) is 0 Å². The zero-order valence-corrected chi connectivity index (χ0v) is 12.4. The number of benzene rings is 1. The van der Waals surface area contributed by atoms with Crippen molar-refractivity contribution in [2.24, 2.45) is 5.92 Å². The summed E-state index contributed by atoms with van der Waals surface area (Å²) in [5, 5.41) is 2.64. The number of nitrogens with one attached hydrogen (secondary N) is 1. The van der Waals surface area contributed by atoms with Crippen LogP contribution >= 0.6 is 0 Å². The first-order valence-corrected chi connectivity index (χ1v) is 8.23. The van der Waals surface area contributed by atoms with Crippen LogP contribution in [0.25, 0.3) is 0 Å². The highest BCUT2D eigenvalue weighted by molar-refractivity contribution is 6.06. The second kappa shape index (κ2) is 4.32. The maximum absolute atomic E-state index is 12.7. The molecule has 0 aromatic heterocycles. The van der Waals surface area contributed by atoms with Crippen LogP contribution in [-0.2, 0) is 4.79 Å². The molecule has 4 heterocycles. The van der Waals surface area contributed by atoms with Gasteiger partial charge in [0.1, 0.15) is 0 Å². The summed E-state index contributed by atoms with van der Waals surface area (Å²) in [5.41, 5.74) is 2.27. The largest absolute Gasteiger partial charge is 0.328 e. The lowest BCUT2D eigenvalue weighted by molar-refractivity contribution is -0.128. The molecule has 0 bridgehead atoms. The first-order valence-electron chi connectivity index (χ1n) is 8.23. The van der Waals surface area contributed by atoms with E-state index in [2.05, 4.69) is 22.3 Å². The van der Waals surface area contributed by atoms with Gasteiger partial charge in [-0.05, 0) is 44.0 Å². The molecule has 22 heavy (non-hydrogen) atoms. The lowest BCUT2D eigenvalue weighted by Crippen LogP contribution is -2.61. The van der Waals surface area contributed by atoms with Crippen molar-refractivity contribution in [2.45, 2.75) is 37.3 Å². The predicted octanol–water partition coefficient (Wildman–Crippen LogP) is 1.69. The smallest absolute Gasteiger partial charge is 0.297 e. The SMILES string of the molecule is O=C1NC(=O)N2c3ccccc3[C@H]3CCN4CCC[C@H]1[C@H]4[C@H]32. The lowest BCUT2D eigenvalue weighted by Gasteiger charge is -2.49. The number of piperidine rings is 2. The molecule has 0 spiro atoms. The van der Waals surface area contributed by atoms with Crippen molar-refractivity contribution in [2.75, 3.05) is 18.0 Å². The third kappa shape index (κ3) is 1.47. The van der Waals surface area contributed by atoms with E-state index < -0.39 is 0 Å². The van der Waals surface area contributed by atoms with Crippen LogP contribution in [0.1, 0.15) is 30.7 Å². The Morgan fingerprint density at radius 2 is 1.86 bits per heavy atom. The van der Waals surface area contributed by atoms with Crippen molar-refractivity contribution < 1.29 is 9.59 Å². The monoisotopic (exact) mass is 297 g/mol. The van der Waals surface area contributed by atoms with Crippen LogP contribution in [0.2, 0.25) is 0 Å². The fraction of sp³-hybridized carbons (Fsp3) is 0.529. The number of carbonyl (C=O) groups is 2. The van der Waals surface area contributed by atoms with Gasteiger partial charge in [-0.15, -0.1) is 0 Å². The van der Waals surface area contributed by atoms with Gasteiger partial charge in [0.2, 0.25) is 5.91 Å². The second-order valence-electron chi connectivity index (χ2n) is 6.88. The number of carbonyl (C=O) groups excluding carboxylic acids is 2. The van der Waals surface area contributed by atoms with E-state index in [0.717, 1.165) is 38.0 Å². The molecule has 4 atom stereocenters. The molecule has 5 nitrogen and oxygen atoms in total. The summed E-state index contributed by atoms with van der Waals surface area (Å²) < 4.78 is 0. The van der Waals surface area contributed by atoms with Crippen molar-refractivity contribution >= 4 is 17.6 Å². The van der Waals surface area contributed by atoms with E-state index >= 15 is 0 Å². The Morgan fingerprint density at radius 3 is 2.77 bits per heavy atom. The number of urea groups is 1. The van der Waals surface area contributed by atoms with Gasteiger partial charge in [-0.25, -0.2) is 4.79 Å². The van der Waals surface area contributed by atoms with Crippen LogP contribution in [0, 0.1) is 5.92 Å². The molecule has 1 aromatic rings. The molecule has 4 aliphatic rings. The van der Waals surface area contributed by atoms with E-state index in [4.69, 9.17) is 0 Å². The molecule has 1 aromatic carbocycles. The van der Waals surface area contributed by atoms with Crippen LogP contribution in [0.15, 0.2) is 24.3 Å². The van der Waals surface area contributed by atoms with E-state index in [9.17, 15) is 9.59 Å². The number of imide groups is 1. The Kier molecular flexibility index (Phi) is 2.48. The summed E-state index contributed by atoms with van der Waals surface area (Å²) in [5.74, 6) is 0.242. The van der Waals surface area contributed by atoms with Gasteiger partial charge in [0.15, 0.2) is 0 Å². The Bertz CT molecular complexity index is 674. The highest BCUT2D eigenvalue weighted by Crippen LogP contribution is 2.50. The maximum atomic E-state index is 12.7. The number of para-hydroxylation sites is 1. The number of hydrogen-bond donors (Lipinski definition) is 1. The molecular formula is C17H19N3O2. The van der Waals surface area contributed by atoms with Gasteiger partial charge in [0, 0.05) is 17.6 Å². The van der Waals surface area contributed by atoms with Crippen molar-refractivity contribution in [3.8, 4) is 0 Å². The van der Waals surface area contributed by atoms with E-state index in [1.165, 1.54) is 5.56 Å². The van der Waals surface area contributed by atoms with Crippen LogP contribution < -0.4 is 10.2 Å². The number of amides is 3. The molecule has 0 saturated carbocycles. The first-order chi connectivity index (χ1) is 10.8. The van der Waals surface area contributed by atoms with Crippen LogP contribution in [0.4, 0.5) is 10.5 Å². The highest BCUT2D eigenvalue weighted by atomic mass is 16.2. The molecule has 3 amide bonds. The number of anilines is 1. The molecule has 5 heteroatoms. The molecule has 0 aliphatic carbocycles. The predicted molar refractivity (Wildman–Crippen MR) is 81.7 cm³/mol. The average Bonchev–Trinajstić information content (AvgIpc) is 2.83. The highest BCUT2D eigenvalue weighted by Gasteiger charge is 2.56. The normalized spacial score (nSPS) is 36.5. The van der Waals surface area contributed by atoms with E-state index in [1.807, 2.05) is 17.0 Å². The third-order valence-electron chi connectivity index (χ3n) is 5.96. The number of hydrogen-bond acceptors (Lipinski definition) is 3. The van der Waals surface area contributed by atoms with E-state index in [-0.39, 0.29) is 29.9 Å². The van der Waals surface area contributed by atoms with Gasteiger partial charge in [-0.3, -0.25) is 19.9 Å². The Labute approximate surface area is 129 Å². The van der Waals surface area contributed by atoms with Gasteiger partial charge in [0.25, 0.3) is 0 Å². The Balaban J connectivity index is 1.70. The first kappa shape index (κ1) is 12.6. The standard InChI is InChI=1S/C17H19N3O2/c21-16-12-5-3-8-19-9-7-11-10-4-1-2-6-13(10)20(17(22)18-16)15(11)14(12)19/h1-2,4,6,11-12,14-15H,3,5,7-9H2,(H,18,21,22)/t11-,12+,14+,15+/m1/s1. The molecule has 5 rings (SSSR count). The van der Waals surface area contributed by atoms with Gasteiger partial charge < -0.3 is 0 Å². The third-order valence-corrected chi connectivity index (χ3v) is 5.96. The minimum atomic E-state index is -0.235. The van der Waals surface area contributed by atoms with Gasteiger partial charge in [0.05, 0.1) is 12.0 Å². The van der Waals surface area contributed by atoms with Gasteiger partial charge >= 0.3 is 6.03 Å². The molecule has 3 saturated heterocycles. The van der Waals surface area contributed by atoms with Crippen molar-refractivity contribution in [1.29, 1.82) is 0 Å². The van der Waals surface area contributed by atoms with Crippen molar-refractivity contribution in [3.63, 3.8) is 0 Å². The zero-order valence-electron chi connectivity index (χ0n) is 12.4. The Morgan fingerprint density at radius 1 is 1.00 bits per heavy atom. The molecular weight excluding hydrogens is 278 g/mol. The summed E-state index contributed by atoms with van der Waals surface area (Å²) in [4.78, 5) is 29.5. The summed E-state index contributed by atoms with van der Waals surface area (Å²) in [6.07, 6.45) is 3.02. The minimum Gasteiger partial charge on any atom is -0.297 e. The number of fused-ring (bicyclic) bond motifs is 3. The lowest BCUT2D eigenvalue weighted by atomic mass is 9.75. The minimum absolute atomic E-state index is 0.0511. The molecule has 1 N–H and O–H groups in total. The van der Waals surface area contributed by atoms with Crippen molar-refractivity contribution in [1.82, 2.24) is 10.2 Å².